The second-order valence-corrected chi connectivity index (χ2v) is 5.00. The Labute approximate surface area is 108 Å². The van der Waals surface area contributed by atoms with Gasteiger partial charge in [0.25, 0.3) is 0 Å². The fourth-order valence-corrected chi connectivity index (χ4v) is 2.27. The van der Waals surface area contributed by atoms with Gasteiger partial charge < -0.3 is 14.9 Å². The summed E-state index contributed by atoms with van der Waals surface area (Å²) in [4.78, 5) is 2.24. The Morgan fingerprint density at radius 3 is 2.94 bits per heavy atom. The van der Waals surface area contributed by atoms with Crippen LogP contribution in [-0.4, -0.2) is 47.0 Å². The van der Waals surface area contributed by atoms with E-state index >= 15 is 0 Å². The van der Waals surface area contributed by atoms with Crippen LogP contribution in [0.15, 0.2) is 18.2 Å². The quantitative estimate of drug-likeness (QED) is 0.850. The third kappa shape index (κ3) is 2.83. The smallest absolute Gasteiger partial charge is 0.122 e. The maximum Gasteiger partial charge on any atom is 0.122 e. The number of aliphatic hydroxyl groups is 1. The molecule has 18 heavy (non-hydrogen) atoms. The second-order valence-electron chi connectivity index (χ2n) is 5.00. The Balaban J connectivity index is 2.09. The molecule has 0 bridgehead atoms. The zero-order valence-corrected chi connectivity index (χ0v) is 11.0. The minimum Gasteiger partial charge on any atom is -0.507 e. The van der Waals surface area contributed by atoms with Gasteiger partial charge in [0.05, 0.1) is 19.3 Å². The molecule has 0 amide bonds. The number of nitrogens with zero attached hydrogens (tertiary/aromatic N) is 1. The van der Waals surface area contributed by atoms with Gasteiger partial charge in [-0.3, -0.25) is 4.90 Å². The standard InChI is InChI=1S/C14H21NO3/c1-10-4-3-5-12(14(10)17)6-15-7-13(8-16)18-9-11(15)2/h3-5,11,13,16-17H,6-9H2,1-2H3. The van der Waals surface area contributed by atoms with Crippen molar-refractivity contribution in [3.63, 3.8) is 0 Å². The molecule has 0 spiro atoms. The van der Waals surface area contributed by atoms with E-state index < -0.39 is 0 Å². The summed E-state index contributed by atoms with van der Waals surface area (Å²) < 4.78 is 5.51. The fraction of sp³-hybridized carbons (Fsp3) is 0.571. The highest BCUT2D eigenvalue weighted by Gasteiger charge is 2.26. The van der Waals surface area contributed by atoms with Gasteiger partial charge in [0.1, 0.15) is 5.75 Å². The molecule has 4 heteroatoms. The fourth-order valence-electron chi connectivity index (χ4n) is 2.27. The number of phenols is 1. The van der Waals surface area contributed by atoms with Gasteiger partial charge in [-0.2, -0.15) is 0 Å². The summed E-state index contributed by atoms with van der Waals surface area (Å²) in [7, 11) is 0. The molecule has 2 N–H and O–H groups in total. The van der Waals surface area contributed by atoms with E-state index in [1.54, 1.807) is 0 Å². The predicted octanol–water partition coefficient (Wildman–Crippen LogP) is 1.28. The summed E-state index contributed by atoms with van der Waals surface area (Å²) in [5.74, 6) is 0.372. The zero-order valence-electron chi connectivity index (χ0n) is 11.0. The van der Waals surface area contributed by atoms with Crippen molar-refractivity contribution < 1.29 is 14.9 Å². The maximum absolute atomic E-state index is 10.0. The lowest BCUT2D eigenvalue weighted by Crippen LogP contribution is -2.48. The molecule has 1 aromatic rings. The van der Waals surface area contributed by atoms with Gasteiger partial charge in [0.2, 0.25) is 0 Å². The summed E-state index contributed by atoms with van der Waals surface area (Å²) in [6.07, 6.45) is -0.117. The molecule has 100 valence electrons. The molecule has 2 unspecified atom stereocenters. The van der Waals surface area contributed by atoms with Crippen molar-refractivity contribution in [2.24, 2.45) is 0 Å². The summed E-state index contributed by atoms with van der Waals surface area (Å²) >= 11 is 0. The first-order chi connectivity index (χ1) is 8.61. The first-order valence-corrected chi connectivity index (χ1v) is 6.35. The van der Waals surface area contributed by atoms with E-state index in [4.69, 9.17) is 9.84 Å². The largest absolute Gasteiger partial charge is 0.507 e. The van der Waals surface area contributed by atoms with E-state index in [0.29, 0.717) is 31.5 Å². The highest BCUT2D eigenvalue weighted by molar-refractivity contribution is 5.39. The third-order valence-electron chi connectivity index (χ3n) is 3.53. The van der Waals surface area contributed by atoms with Gasteiger partial charge in [0.15, 0.2) is 0 Å². The van der Waals surface area contributed by atoms with Crippen LogP contribution in [0.3, 0.4) is 0 Å². The number of aromatic hydroxyl groups is 1. The Bertz CT molecular complexity index is 408. The molecular formula is C14H21NO3. The summed E-state index contributed by atoms with van der Waals surface area (Å²) in [6, 6.07) is 6.10. The van der Waals surface area contributed by atoms with Gasteiger partial charge in [-0.25, -0.2) is 0 Å². The van der Waals surface area contributed by atoms with Crippen molar-refractivity contribution in [3.8, 4) is 5.75 Å². The molecule has 1 aliphatic rings. The van der Waals surface area contributed by atoms with E-state index in [1.807, 2.05) is 25.1 Å². The van der Waals surface area contributed by atoms with Crippen LogP contribution in [-0.2, 0) is 11.3 Å². The van der Waals surface area contributed by atoms with E-state index in [9.17, 15) is 5.11 Å². The first kappa shape index (κ1) is 13.3. The molecule has 2 atom stereocenters. The van der Waals surface area contributed by atoms with Crippen molar-refractivity contribution in [1.29, 1.82) is 0 Å². The molecule has 1 aliphatic heterocycles. The number of aliphatic hydroxyl groups excluding tert-OH is 1. The lowest BCUT2D eigenvalue weighted by atomic mass is 10.1. The zero-order chi connectivity index (χ0) is 13.1. The van der Waals surface area contributed by atoms with Gasteiger partial charge in [-0.05, 0) is 19.4 Å². The highest BCUT2D eigenvalue weighted by atomic mass is 16.5. The average Bonchev–Trinajstić information content (AvgIpc) is 2.37. The number of hydrogen-bond donors (Lipinski definition) is 2. The number of para-hydroxylation sites is 1. The summed E-state index contributed by atoms with van der Waals surface area (Å²) in [5.41, 5.74) is 1.83. The SMILES string of the molecule is Cc1cccc(CN2CC(CO)OCC2C)c1O. The van der Waals surface area contributed by atoms with Crippen LogP contribution < -0.4 is 0 Å². The van der Waals surface area contributed by atoms with Crippen molar-refractivity contribution in [1.82, 2.24) is 4.90 Å². The van der Waals surface area contributed by atoms with Gasteiger partial charge in [-0.15, -0.1) is 0 Å². The number of rotatable bonds is 3. The highest BCUT2D eigenvalue weighted by Crippen LogP contribution is 2.24. The van der Waals surface area contributed by atoms with Crippen LogP contribution >= 0.6 is 0 Å². The number of hydrogen-bond acceptors (Lipinski definition) is 4. The van der Waals surface area contributed by atoms with Crippen LogP contribution in [0, 0.1) is 6.92 Å². The molecule has 1 aromatic carbocycles. The Kier molecular flexibility index (Phi) is 4.22. The molecule has 0 aromatic heterocycles. The average molecular weight is 251 g/mol. The molecular weight excluding hydrogens is 230 g/mol. The van der Waals surface area contributed by atoms with Crippen molar-refractivity contribution in [2.75, 3.05) is 19.8 Å². The van der Waals surface area contributed by atoms with Gasteiger partial charge >= 0.3 is 0 Å². The molecule has 1 fully saturated rings. The third-order valence-corrected chi connectivity index (χ3v) is 3.53. The molecule has 0 saturated carbocycles. The lowest BCUT2D eigenvalue weighted by molar-refractivity contribution is -0.0806. The molecule has 0 aliphatic carbocycles. The Morgan fingerprint density at radius 2 is 2.22 bits per heavy atom. The lowest BCUT2D eigenvalue weighted by Gasteiger charge is -2.37. The van der Waals surface area contributed by atoms with Crippen molar-refractivity contribution in [2.45, 2.75) is 32.5 Å². The monoisotopic (exact) mass is 251 g/mol. The van der Waals surface area contributed by atoms with Crippen molar-refractivity contribution >= 4 is 0 Å². The Morgan fingerprint density at radius 1 is 1.44 bits per heavy atom. The second kappa shape index (κ2) is 5.69. The molecule has 2 rings (SSSR count). The topological polar surface area (TPSA) is 52.9 Å². The molecule has 1 heterocycles. The van der Waals surface area contributed by atoms with Gasteiger partial charge in [-0.1, -0.05) is 18.2 Å². The van der Waals surface area contributed by atoms with Crippen LogP contribution in [0.1, 0.15) is 18.1 Å². The van der Waals surface area contributed by atoms with Crippen LogP contribution in [0.25, 0.3) is 0 Å². The predicted molar refractivity (Wildman–Crippen MR) is 69.5 cm³/mol. The number of ether oxygens (including phenoxy) is 1. The molecule has 4 nitrogen and oxygen atoms in total. The minimum atomic E-state index is -0.117. The molecule has 1 saturated heterocycles. The summed E-state index contributed by atoms with van der Waals surface area (Å²) in [6.45, 7) is 6.05. The van der Waals surface area contributed by atoms with Gasteiger partial charge in [0, 0.05) is 24.7 Å². The summed E-state index contributed by atoms with van der Waals surface area (Å²) in [5, 5.41) is 19.2. The number of phenolic OH excluding ortho intramolecular Hbond substituents is 1. The minimum absolute atomic E-state index is 0.0447. The van der Waals surface area contributed by atoms with E-state index in [-0.39, 0.29) is 12.7 Å². The van der Waals surface area contributed by atoms with E-state index in [0.717, 1.165) is 11.1 Å². The normalized spacial score (nSPS) is 25.3. The maximum atomic E-state index is 10.0. The van der Waals surface area contributed by atoms with Crippen LogP contribution in [0.5, 0.6) is 5.75 Å². The van der Waals surface area contributed by atoms with Crippen molar-refractivity contribution in [3.05, 3.63) is 29.3 Å². The Hall–Kier alpha value is -1.10. The van der Waals surface area contributed by atoms with Crippen LogP contribution in [0.2, 0.25) is 0 Å². The number of aryl methyl sites for hydroxylation is 1. The number of benzene rings is 1. The van der Waals surface area contributed by atoms with E-state index in [1.165, 1.54) is 0 Å². The molecule has 0 radical (unpaired) electrons. The van der Waals surface area contributed by atoms with Crippen LogP contribution in [0.4, 0.5) is 0 Å². The number of morpholine rings is 1. The van der Waals surface area contributed by atoms with E-state index in [2.05, 4.69) is 11.8 Å². The first-order valence-electron chi connectivity index (χ1n) is 6.35.